The van der Waals surface area contributed by atoms with Crippen molar-refractivity contribution in [1.82, 2.24) is 15.1 Å². The molecule has 0 aromatic heterocycles. The van der Waals surface area contributed by atoms with Crippen molar-refractivity contribution >= 4 is 18.2 Å². The van der Waals surface area contributed by atoms with Crippen molar-refractivity contribution in [1.29, 1.82) is 5.41 Å². The van der Waals surface area contributed by atoms with Gasteiger partial charge in [-0.3, -0.25) is 15.7 Å². The Morgan fingerprint density at radius 2 is 2.27 bits per heavy atom. The molecule has 6 nitrogen and oxygen atoms in total. The molecule has 1 saturated heterocycles. The summed E-state index contributed by atoms with van der Waals surface area (Å²) in [4.78, 5) is 19.9. The van der Waals surface area contributed by atoms with Gasteiger partial charge in [0, 0.05) is 19.6 Å². The Kier molecular flexibility index (Phi) is 4.04. The van der Waals surface area contributed by atoms with E-state index in [4.69, 9.17) is 5.41 Å². The maximum atomic E-state index is 13.4. The summed E-state index contributed by atoms with van der Waals surface area (Å²) in [7, 11) is 0. The van der Waals surface area contributed by atoms with Gasteiger partial charge in [-0.1, -0.05) is 12.1 Å². The van der Waals surface area contributed by atoms with Gasteiger partial charge >= 0.3 is 6.03 Å². The van der Waals surface area contributed by atoms with E-state index in [1.165, 1.54) is 12.1 Å². The van der Waals surface area contributed by atoms with Crippen molar-refractivity contribution in [2.24, 2.45) is 4.99 Å². The number of halogens is 1. The molecule has 7 heteroatoms. The molecule has 116 valence electrons. The first-order valence-corrected chi connectivity index (χ1v) is 7.30. The van der Waals surface area contributed by atoms with Gasteiger partial charge < -0.3 is 9.80 Å². The minimum absolute atomic E-state index is 0.0957. The minimum atomic E-state index is -0.532. The van der Waals surface area contributed by atoms with E-state index in [-0.39, 0.29) is 17.7 Å². The fourth-order valence-electron chi connectivity index (χ4n) is 2.81. The average Bonchev–Trinajstić information content (AvgIpc) is 3.08. The number of aliphatic imine (C=N–C) groups is 1. The Morgan fingerprint density at radius 3 is 3.00 bits per heavy atom. The number of rotatable bonds is 5. The largest absolute Gasteiger partial charge is 0.361 e. The van der Waals surface area contributed by atoms with Crippen LogP contribution in [0.3, 0.4) is 0 Å². The summed E-state index contributed by atoms with van der Waals surface area (Å²) >= 11 is 0. The van der Waals surface area contributed by atoms with Crippen LogP contribution in [0.4, 0.5) is 9.18 Å². The van der Waals surface area contributed by atoms with Gasteiger partial charge in [0.15, 0.2) is 0 Å². The summed E-state index contributed by atoms with van der Waals surface area (Å²) in [5, 5.41) is 10.5. The van der Waals surface area contributed by atoms with Crippen LogP contribution in [0.1, 0.15) is 18.0 Å². The lowest BCUT2D eigenvalue weighted by atomic mass is 10.1. The topological polar surface area (TPSA) is 71.8 Å². The van der Waals surface area contributed by atoms with Gasteiger partial charge in [0.05, 0.1) is 12.9 Å². The number of hydrogen-bond donors (Lipinski definition) is 2. The standard InChI is InChI=1S/C15H18FN5O/c16-12-4-1-3-11(9-12)13-14(17)19-15(22)21(13)7-2-6-20-8-5-18-10-20/h1,3-4,9-10,13H,2,5-8H2,(H2,17,19,22). The molecule has 22 heavy (non-hydrogen) atoms. The number of benzene rings is 1. The summed E-state index contributed by atoms with van der Waals surface area (Å²) in [6.07, 6.45) is 2.61. The molecule has 3 rings (SSSR count). The molecule has 0 bridgehead atoms. The van der Waals surface area contributed by atoms with E-state index in [1.807, 2.05) is 6.34 Å². The van der Waals surface area contributed by atoms with Gasteiger partial charge in [-0.25, -0.2) is 9.18 Å². The molecule has 1 fully saturated rings. The number of carbonyl (C=O) groups excluding carboxylic acids is 1. The van der Waals surface area contributed by atoms with E-state index in [2.05, 4.69) is 15.2 Å². The molecule has 2 amide bonds. The second-order valence-electron chi connectivity index (χ2n) is 5.41. The number of amidine groups is 1. The maximum Gasteiger partial charge on any atom is 0.323 e. The lowest BCUT2D eigenvalue weighted by molar-refractivity contribution is 0.203. The Labute approximate surface area is 128 Å². The van der Waals surface area contributed by atoms with Crippen LogP contribution in [-0.2, 0) is 0 Å². The fraction of sp³-hybridized carbons (Fsp3) is 0.400. The highest BCUT2D eigenvalue weighted by molar-refractivity contribution is 6.06. The van der Waals surface area contributed by atoms with Crippen LogP contribution < -0.4 is 5.32 Å². The van der Waals surface area contributed by atoms with Gasteiger partial charge in [0.1, 0.15) is 17.7 Å². The molecule has 0 radical (unpaired) electrons. The van der Waals surface area contributed by atoms with E-state index in [0.717, 1.165) is 26.1 Å². The number of nitrogens with one attached hydrogen (secondary N) is 2. The Bertz CT molecular complexity index is 618. The number of urea groups is 1. The zero-order chi connectivity index (χ0) is 15.5. The van der Waals surface area contributed by atoms with Gasteiger partial charge in [-0.15, -0.1) is 0 Å². The normalized spacial score (nSPS) is 20.9. The molecule has 1 atom stereocenters. The minimum Gasteiger partial charge on any atom is -0.361 e. The molecular weight excluding hydrogens is 285 g/mol. The van der Waals surface area contributed by atoms with E-state index >= 15 is 0 Å². The lowest BCUT2D eigenvalue weighted by Crippen LogP contribution is -2.33. The van der Waals surface area contributed by atoms with Crippen molar-refractivity contribution in [3.05, 3.63) is 35.6 Å². The van der Waals surface area contributed by atoms with Crippen molar-refractivity contribution in [3.8, 4) is 0 Å². The second kappa shape index (κ2) is 6.13. The molecule has 2 N–H and O–H groups in total. The molecule has 0 spiro atoms. The van der Waals surface area contributed by atoms with E-state index < -0.39 is 6.04 Å². The summed E-state index contributed by atoms with van der Waals surface area (Å²) in [5.74, 6) is -0.267. The van der Waals surface area contributed by atoms with Gasteiger partial charge in [-0.2, -0.15) is 0 Å². The molecule has 0 saturated carbocycles. The first kappa shape index (κ1) is 14.5. The molecule has 1 aromatic carbocycles. The van der Waals surface area contributed by atoms with Crippen LogP contribution in [0.2, 0.25) is 0 Å². The Balaban J connectivity index is 1.68. The molecule has 2 aliphatic rings. The molecular formula is C15H18FN5O. The number of amides is 2. The highest BCUT2D eigenvalue weighted by Gasteiger charge is 2.36. The van der Waals surface area contributed by atoms with E-state index in [1.54, 1.807) is 17.0 Å². The zero-order valence-corrected chi connectivity index (χ0v) is 12.1. The third-order valence-corrected chi connectivity index (χ3v) is 3.86. The van der Waals surface area contributed by atoms with Crippen LogP contribution >= 0.6 is 0 Å². The van der Waals surface area contributed by atoms with Gasteiger partial charge in [0.2, 0.25) is 0 Å². The quantitative estimate of drug-likeness (QED) is 0.867. The Hall–Kier alpha value is -2.44. The fourth-order valence-corrected chi connectivity index (χ4v) is 2.81. The first-order chi connectivity index (χ1) is 10.6. The van der Waals surface area contributed by atoms with Crippen molar-refractivity contribution in [2.45, 2.75) is 12.5 Å². The molecule has 0 aliphatic carbocycles. The van der Waals surface area contributed by atoms with E-state index in [9.17, 15) is 9.18 Å². The third kappa shape index (κ3) is 2.93. The SMILES string of the molecule is N=C1NC(=O)N(CCCN2C=NCC2)C1c1cccc(F)c1. The van der Waals surface area contributed by atoms with Gasteiger partial charge in [0.25, 0.3) is 0 Å². The van der Waals surface area contributed by atoms with Crippen LogP contribution in [0, 0.1) is 11.2 Å². The monoisotopic (exact) mass is 303 g/mol. The highest BCUT2D eigenvalue weighted by atomic mass is 19.1. The third-order valence-electron chi connectivity index (χ3n) is 3.86. The molecule has 1 aromatic rings. The zero-order valence-electron chi connectivity index (χ0n) is 12.1. The number of carbonyl (C=O) groups is 1. The summed E-state index contributed by atoms with van der Waals surface area (Å²) in [5.41, 5.74) is 0.617. The maximum absolute atomic E-state index is 13.4. The molecule has 2 heterocycles. The van der Waals surface area contributed by atoms with Crippen LogP contribution in [-0.4, -0.2) is 54.2 Å². The predicted molar refractivity (Wildman–Crippen MR) is 81.7 cm³/mol. The van der Waals surface area contributed by atoms with E-state index in [0.29, 0.717) is 12.1 Å². The van der Waals surface area contributed by atoms with Crippen LogP contribution in [0.25, 0.3) is 0 Å². The predicted octanol–water partition coefficient (Wildman–Crippen LogP) is 1.60. The number of nitrogens with zero attached hydrogens (tertiary/aromatic N) is 3. The van der Waals surface area contributed by atoms with Crippen LogP contribution in [0.5, 0.6) is 0 Å². The molecule has 1 unspecified atom stereocenters. The average molecular weight is 303 g/mol. The van der Waals surface area contributed by atoms with Crippen LogP contribution in [0.15, 0.2) is 29.3 Å². The first-order valence-electron chi connectivity index (χ1n) is 7.30. The lowest BCUT2D eigenvalue weighted by Gasteiger charge is -2.24. The Morgan fingerprint density at radius 1 is 1.41 bits per heavy atom. The summed E-state index contributed by atoms with van der Waals surface area (Å²) in [6, 6.07) is 5.24. The van der Waals surface area contributed by atoms with Crippen molar-refractivity contribution in [3.63, 3.8) is 0 Å². The highest BCUT2D eigenvalue weighted by Crippen LogP contribution is 2.26. The molecule has 2 aliphatic heterocycles. The van der Waals surface area contributed by atoms with Gasteiger partial charge in [-0.05, 0) is 24.1 Å². The number of hydrogen-bond acceptors (Lipinski definition) is 4. The van der Waals surface area contributed by atoms with Crippen molar-refractivity contribution < 1.29 is 9.18 Å². The smallest absolute Gasteiger partial charge is 0.323 e. The summed E-state index contributed by atoms with van der Waals surface area (Å²) < 4.78 is 13.4. The second-order valence-corrected chi connectivity index (χ2v) is 5.41. The van der Waals surface area contributed by atoms with Crippen molar-refractivity contribution in [2.75, 3.05) is 26.2 Å². The summed E-state index contributed by atoms with van der Waals surface area (Å²) in [6.45, 7) is 3.06.